The molecule has 1 N–H and O–H groups in total. The molecule has 0 aromatic heterocycles. The van der Waals surface area contributed by atoms with Crippen LogP contribution in [0.2, 0.25) is 0 Å². The number of aryl methyl sites for hydroxylation is 3. The third kappa shape index (κ3) is 6.17. The Morgan fingerprint density at radius 2 is 1.50 bits per heavy atom. The number of benzene rings is 3. The largest absolute Gasteiger partial charge is 0.494 e. The number of hydrogen-bond acceptors (Lipinski definition) is 4. The number of rotatable bonds is 9. The van der Waals surface area contributed by atoms with E-state index >= 15 is 0 Å². The van der Waals surface area contributed by atoms with E-state index in [2.05, 4.69) is 5.32 Å². The third-order valence-electron chi connectivity index (χ3n) is 5.46. The third-order valence-corrected chi connectivity index (χ3v) is 7.25. The lowest BCUT2D eigenvalue weighted by atomic mass is 10.1. The van der Waals surface area contributed by atoms with Crippen LogP contribution in [0.5, 0.6) is 5.75 Å². The van der Waals surface area contributed by atoms with E-state index in [1.54, 1.807) is 36.4 Å². The standard InChI is InChI=1S/C27H32N2O4S/c1-6-33-25-11-9-23(10-12-25)22(5)28-27(30)18-29(24-16-20(3)15-21(4)17-24)34(31,32)26-13-7-19(2)8-14-26/h7-17,22H,6,18H2,1-5H3,(H,28,30). The predicted octanol–water partition coefficient (Wildman–Crippen LogP) is 5.08. The molecule has 0 aliphatic heterocycles. The molecule has 34 heavy (non-hydrogen) atoms. The van der Waals surface area contributed by atoms with Crippen LogP contribution < -0.4 is 14.4 Å². The lowest BCUT2D eigenvalue weighted by Crippen LogP contribution is -2.41. The van der Waals surface area contributed by atoms with Gasteiger partial charge in [-0.05, 0) is 87.7 Å². The summed E-state index contributed by atoms with van der Waals surface area (Å²) in [5.74, 6) is 0.367. The van der Waals surface area contributed by atoms with E-state index in [0.717, 1.165) is 28.0 Å². The highest BCUT2D eigenvalue weighted by atomic mass is 32.2. The van der Waals surface area contributed by atoms with Crippen LogP contribution in [-0.4, -0.2) is 27.5 Å². The Morgan fingerprint density at radius 3 is 2.06 bits per heavy atom. The molecule has 180 valence electrons. The van der Waals surface area contributed by atoms with Crippen LogP contribution in [0.25, 0.3) is 0 Å². The SMILES string of the molecule is CCOc1ccc(C(C)NC(=O)CN(c2cc(C)cc(C)c2)S(=O)(=O)c2ccc(C)cc2)cc1. The van der Waals surface area contributed by atoms with Crippen molar-refractivity contribution < 1.29 is 17.9 Å². The minimum Gasteiger partial charge on any atom is -0.494 e. The van der Waals surface area contributed by atoms with Crippen molar-refractivity contribution in [3.8, 4) is 5.75 Å². The fourth-order valence-electron chi connectivity index (χ4n) is 3.77. The Hall–Kier alpha value is -3.32. The Labute approximate surface area is 202 Å². The van der Waals surface area contributed by atoms with E-state index in [1.807, 2.05) is 65.0 Å². The zero-order chi connectivity index (χ0) is 24.9. The number of amides is 1. The Balaban J connectivity index is 1.87. The van der Waals surface area contributed by atoms with Gasteiger partial charge in [0.15, 0.2) is 0 Å². The number of ether oxygens (including phenoxy) is 1. The van der Waals surface area contributed by atoms with E-state index in [9.17, 15) is 13.2 Å². The molecule has 0 aliphatic rings. The minimum atomic E-state index is -3.96. The normalized spacial score (nSPS) is 12.1. The molecule has 3 aromatic rings. The van der Waals surface area contributed by atoms with Crippen molar-refractivity contribution in [2.45, 2.75) is 45.6 Å². The van der Waals surface area contributed by atoms with E-state index in [1.165, 1.54) is 4.31 Å². The van der Waals surface area contributed by atoms with Crippen LogP contribution in [0.1, 0.15) is 42.1 Å². The van der Waals surface area contributed by atoms with Crippen LogP contribution in [0, 0.1) is 20.8 Å². The van der Waals surface area contributed by atoms with Gasteiger partial charge in [0.25, 0.3) is 10.0 Å². The fraction of sp³-hybridized carbons (Fsp3) is 0.296. The summed E-state index contributed by atoms with van der Waals surface area (Å²) in [5.41, 5.74) is 4.15. The molecule has 0 heterocycles. The van der Waals surface area contributed by atoms with Gasteiger partial charge in [-0.2, -0.15) is 0 Å². The summed E-state index contributed by atoms with van der Waals surface area (Å²) < 4.78 is 33.8. The molecule has 6 nitrogen and oxygen atoms in total. The Bertz CT molecular complexity index is 1220. The molecular weight excluding hydrogens is 448 g/mol. The van der Waals surface area contributed by atoms with Gasteiger partial charge in [0.1, 0.15) is 12.3 Å². The first-order chi connectivity index (χ1) is 16.1. The number of carbonyl (C=O) groups is 1. The van der Waals surface area contributed by atoms with E-state index < -0.39 is 15.9 Å². The van der Waals surface area contributed by atoms with Gasteiger partial charge in [-0.15, -0.1) is 0 Å². The van der Waals surface area contributed by atoms with Gasteiger partial charge in [0.2, 0.25) is 5.91 Å². The summed E-state index contributed by atoms with van der Waals surface area (Å²) in [7, 11) is -3.96. The Kier molecular flexibility index (Phi) is 7.99. The van der Waals surface area contributed by atoms with Crippen molar-refractivity contribution in [2.75, 3.05) is 17.5 Å². The highest BCUT2D eigenvalue weighted by molar-refractivity contribution is 7.92. The molecule has 0 bridgehead atoms. The van der Waals surface area contributed by atoms with E-state index in [0.29, 0.717) is 12.3 Å². The highest BCUT2D eigenvalue weighted by Crippen LogP contribution is 2.26. The van der Waals surface area contributed by atoms with Crippen LogP contribution in [0.15, 0.2) is 71.6 Å². The van der Waals surface area contributed by atoms with Gasteiger partial charge < -0.3 is 10.1 Å². The van der Waals surface area contributed by atoms with Crippen LogP contribution in [0.4, 0.5) is 5.69 Å². The van der Waals surface area contributed by atoms with Crippen molar-refractivity contribution in [1.29, 1.82) is 0 Å². The molecule has 1 unspecified atom stereocenters. The van der Waals surface area contributed by atoms with Crippen LogP contribution >= 0.6 is 0 Å². The molecule has 1 atom stereocenters. The summed E-state index contributed by atoms with van der Waals surface area (Å²) in [6, 6.07) is 19.4. The smallest absolute Gasteiger partial charge is 0.264 e. The second-order valence-corrected chi connectivity index (χ2v) is 10.3. The predicted molar refractivity (Wildman–Crippen MR) is 136 cm³/mol. The van der Waals surface area contributed by atoms with Crippen molar-refractivity contribution in [3.63, 3.8) is 0 Å². The van der Waals surface area contributed by atoms with Gasteiger partial charge in [-0.25, -0.2) is 8.42 Å². The average molecular weight is 481 g/mol. The molecule has 3 aromatic carbocycles. The van der Waals surface area contributed by atoms with Gasteiger partial charge in [0.05, 0.1) is 23.2 Å². The number of carbonyl (C=O) groups excluding carboxylic acids is 1. The number of nitrogens with one attached hydrogen (secondary N) is 1. The number of sulfonamides is 1. The first-order valence-corrected chi connectivity index (χ1v) is 12.7. The summed E-state index contributed by atoms with van der Waals surface area (Å²) in [6.45, 7) is 9.73. The van der Waals surface area contributed by atoms with Gasteiger partial charge in [0, 0.05) is 0 Å². The van der Waals surface area contributed by atoms with E-state index in [4.69, 9.17) is 4.74 Å². The summed E-state index contributed by atoms with van der Waals surface area (Å²) in [6.07, 6.45) is 0. The quantitative estimate of drug-likeness (QED) is 0.463. The molecular formula is C27H32N2O4S. The van der Waals surface area contributed by atoms with Crippen molar-refractivity contribution in [2.24, 2.45) is 0 Å². The van der Waals surface area contributed by atoms with Crippen molar-refractivity contribution in [3.05, 3.63) is 89.0 Å². The monoisotopic (exact) mass is 480 g/mol. The minimum absolute atomic E-state index is 0.143. The topological polar surface area (TPSA) is 75.7 Å². The fourth-order valence-corrected chi connectivity index (χ4v) is 5.17. The molecule has 0 radical (unpaired) electrons. The zero-order valence-corrected chi connectivity index (χ0v) is 21.1. The van der Waals surface area contributed by atoms with Crippen molar-refractivity contribution >= 4 is 21.6 Å². The average Bonchev–Trinajstić information content (AvgIpc) is 2.77. The first kappa shape index (κ1) is 25.3. The van der Waals surface area contributed by atoms with E-state index in [-0.39, 0.29) is 17.5 Å². The molecule has 3 rings (SSSR count). The second kappa shape index (κ2) is 10.7. The lowest BCUT2D eigenvalue weighted by molar-refractivity contribution is -0.120. The maximum Gasteiger partial charge on any atom is 0.264 e. The molecule has 0 saturated carbocycles. The summed E-state index contributed by atoms with van der Waals surface area (Å²) >= 11 is 0. The van der Waals surface area contributed by atoms with Gasteiger partial charge >= 0.3 is 0 Å². The molecule has 0 saturated heterocycles. The van der Waals surface area contributed by atoms with Gasteiger partial charge in [-0.1, -0.05) is 35.9 Å². The maximum absolute atomic E-state index is 13.6. The van der Waals surface area contributed by atoms with Crippen LogP contribution in [-0.2, 0) is 14.8 Å². The van der Waals surface area contributed by atoms with Crippen LogP contribution in [0.3, 0.4) is 0 Å². The molecule has 7 heteroatoms. The van der Waals surface area contributed by atoms with Gasteiger partial charge in [-0.3, -0.25) is 9.10 Å². The molecule has 0 spiro atoms. The molecule has 0 aliphatic carbocycles. The first-order valence-electron chi connectivity index (χ1n) is 11.3. The number of nitrogens with zero attached hydrogens (tertiary/aromatic N) is 1. The number of hydrogen-bond donors (Lipinski definition) is 1. The number of anilines is 1. The Morgan fingerprint density at radius 1 is 0.912 bits per heavy atom. The summed E-state index contributed by atoms with van der Waals surface area (Å²) in [4.78, 5) is 13.2. The second-order valence-electron chi connectivity index (χ2n) is 8.46. The molecule has 1 amide bonds. The lowest BCUT2D eigenvalue weighted by Gasteiger charge is -2.26. The maximum atomic E-state index is 13.6. The summed E-state index contributed by atoms with van der Waals surface area (Å²) in [5, 5.41) is 2.92. The molecule has 0 fully saturated rings. The zero-order valence-electron chi connectivity index (χ0n) is 20.3. The highest BCUT2D eigenvalue weighted by Gasteiger charge is 2.28. The van der Waals surface area contributed by atoms with Crippen molar-refractivity contribution in [1.82, 2.24) is 5.32 Å².